The second kappa shape index (κ2) is 30.0. The van der Waals surface area contributed by atoms with Crippen molar-refractivity contribution in [1.29, 1.82) is 0 Å². The molecule has 0 aliphatic carbocycles. The lowest BCUT2D eigenvalue weighted by Crippen LogP contribution is -2.48. The van der Waals surface area contributed by atoms with Crippen molar-refractivity contribution < 1.29 is 4.48 Å². The number of unbranched alkanes of at least 4 members (excludes halogenated alkanes) is 24. The highest BCUT2D eigenvalue weighted by molar-refractivity contribution is 5.15. The molecule has 1 nitrogen and oxygen atoms in total. The van der Waals surface area contributed by atoms with Crippen molar-refractivity contribution in [3.8, 4) is 0 Å². The van der Waals surface area contributed by atoms with Crippen molar-refractivity contribution in [1.82, 2.24) is 0 Å². The summed E-state index contributed by atoms with van der Waals surface area (Å²) in [5.74, 6) is 0. The Balaban J connectivity index is 1.74. The molecule has 2 aromatic carbocycles. The Kier molecular flexibility index (Phi) is 26.2. The highest BCUT2D eigenvalue weighted by atomic mass is 15.3. The van der Waals surface area contributed by atoms with Crippen LogP contribution in [0.1, 0.15) is 178 Å². The van der Waals surface area contributed by atoms with Gasteiger partial charge in [-0.2, -0.15) is 0 Å². The Bertz CT molecular complexity index is 868. The molecular weight excluding hydrogens is 567 g/mol. The first-order chi connectivity index (χ1) is 23.3. The van der Waals surface area contributed by atoms with Crippen molar-refractivity contribution in [2.24, 2.45) is 0 Å². The van der Waals surface area contributed by atoms with E-state index in [0.29, 0.717) is 0 Å². The number of hydrogen-bond donors (Lipinski definition) is 0. The van der Waals surface area contributed by atoms with Crippen LogP contribution in [0, 0.1) is 0 Å². The van der Waals surface area contributed by atoms with Gasteiger partial charge in [-0.15, -0.1) is 13.2 Å². The van der Waals surface area contributed by atoms with Gasteiger partial charge in [0.1, 0.15) is 13.1 Å². The molecule has 0 saturated carbocycles. The Labute approximate surface area is 293 Å². The van der Waals surface area contributed by atoms with Gasteiger partial charge >= 0.3 is 0 Å². The van der Waals surface area contributed by atoms with Gasteiger partial charge in [-0.25, -0.2) is 0 Å². The molecule has 2 aromatic rings. The van der Waals surface area contributed by atoms with Gasteiger partial charge in [-0.3, -0.25) is 0 Å². The molecule has 0 heterocycles. The predicted molar refractivity (Wildman–Crippen MR) is 211 cm³/mol. The van der Waals surface area contributed by atoms with Crippen molar-refractivity contribution >= 4 is 0 Å². The summed E-state index contributed by atoms with van der Waals surface area (Å²) in [6.45, 7) is 12.6. The number of rotatable bonds is 34. The minimum absolute atomic E-state index is 1.16. The zero-order valence-corrected chi connectivity index (χ0v) is 31.0. The van der Waals surface area contributed by atoms with Crippen LogP contribution in [0.2, 0.25) is 0 Å². The molecule has 1 heteroatoms. The molecule has 0 saturated heterocycles. The van der Waals surface area contributed by atoms with E-state index in [1.165, 1.54) is 196 Å². The summed E-state index contributed by atoms with van der Waals surface area (Å²) < 4.78 is 1.22. The number of nitrogens with zero attached hydrogens (tertiary/aromatic N) is 1. The van der Waals surface area contributed by atoms with Crippen LogP contribution in [0.5, 0.6) is 0 Å². The first-order valence-corrected chi connectivity index (χ1v) is 20.4. The smallest absolute Gasteiger partial charge is 0.105 e. The summed E-state index contributed by atoms with van der Waals surface area (Å²) in [5.41, 5.74) is 3.01. The van der Waals surface area contributed by atoms with Crippen molar-refractivity contribution in [2.75, 3.05) is 13.1 Å². The zero-order chi connectivity index (χ0) is 33.4. The standard InChI is InChI=1S/C46H76N/c1-3-5-7-9-11-13-15-17-19-21-23-25-27-35-41-47(43-45-37-31-29-32-38-45,44-46-39-33-30-34-40-46)42-36-28-26-24-22-20-18-16-14-12-10-8-6-4-2/h3-4,29-34,37-40H,1-2,5-28,35-36,41-44H2/q+1. The Morgan fingerprint density at radius 1 is 0.340 bits per heavy atom. The predicted octanol–water partition coefficient (Wildman–Crippen LogP) is 14.7. The molecule has 2 rings (SSSR count). The second-order valence-corrected chi connectivity index (χ2v) is 14.7. The first kappa shape index (κ1) is 41.1. The average Bonchev–Trinajstić information content (AvgIpc) is 3.09. The summed E-state index contributed by atoms with van der Waals surface area (Å²) in [4.78, 5) is 0. The maximum atomic E-state index is 3.84. The molecule has 0 aliphatic heterocycles. The molecule has 0 aliphatic rings. The van der Waals surface area contributed by atoms with E-state index in [1.54, 1.807) is 0 Å². The third-order valence-corrected chi connectivity index (χ3v) is 10.3. The van der Waals surface area contributed by atoms with E-state index in [-0.39, 0.29) is 0 Å². The molecule has 0 atom stereocenters. The van der Waals surface area contributed by atoms with Crippen LogP contribution in [0.3, 0.4) is 0 Å². The van der Waals surface area contributed by atoms with Crippen LogP contribution in [0.15, 0.2) is 86.0 Å². The van der Waals surface area contributed by atoms with E-state index in [0.717, 1.165) is 13.1 Å². The zero-order valence-electron chi connectivity index (χ0n) is 31.0. The van der Waals surface area contributed by atoms with Gasteiger partial charge in [0.25, 0.3) is 0 Å². The fourth-order valence-electron chi connectivity index (χ4n) is 7.43. The Hall–Kier alpha value is -2.12. The molecule has 0 spiro atoms. The van der Waals surface area contributed by atoms with E-state index in [1.807, 2.05) is 0 Å². The molecule has 0 fully saturated rings. The summed E-state index contributed by atoms with van der Waals surface area (Å²) in [6, 6.07) is 22.7. The summed E-state index contributed by atoms with van der Waals surface area (Å²) >= 11 is 0. The quantitative estimate of drug-likeness (QED) is 0.0405. The SMILES string of the molecule is C=CCCCCCCCCCCCCCC[N+](CCCCCCCCCCCCCCC=C)(Cc1ccccc1)Cc1ccccc1. The van der Waals surface area contributed by atoms with Gasteiger partial charge in [0, 0.05) is 11.1 Å². The first-order valence-electron chi connectivity index (χ1n) is 20.4. The number of benzene rings is 2. The van der Waals surface area contributed by atoms with Crippen LogP contribution >= 0.6 is 0 Å². The largest absolute Gasteiger partial charge is 0.316 e. The van der Waals surface area contributed by atoms with E-state index in [9.17, 15) is 0 Å². The monoisotopic (exact) mass is 643 g/mol. The van der Waals surface area contributed by atoms with Gasteiger partial charge in [0.05, 0.1) is 13.1 Å². The van der Waals surface area contributed by atoms with Crippen LogP contribution in [0.25, 0.3) is 0 Å². The molecule has 0 radical (unpaired) electrons. The van der Waals surface area contributed by atoms with Crippen molar-refractivity contribution in [3.05, 3.63) is 97.1 Å². The van der Waals surface area contributed by atoms with Crippen LogP contribution in [-0.2, 0) is 13.1 Å². The molecule has 0 amide bonds. The van der Waals surface area contributed by atoms with Crippen molar-refractivity contribution in [2.45, 2.75) is 180 Å². The Morgan fingerprint density at radius 3 is 0.872 bits per heavy atom. The van der Waals surface area contributed by atoms with E-state index in [4.69, 9.17) is 0 Å². The number of quaternary nitrogens is 1. The third-order valence-electron chi connectivity index (χ3n) is 10.3. The molecule has 0 aromatic heterocycles. The van der Waals surface area contributed by atoms with Gasteiger partial charge in [0.2, 0.25) is 0 Å². The number of allylic oxidation sites excluding steroid dienone is 2. The molecular formula is C46H76N+. The van der Waals surface area contributed by atoms with Crippen LogP contribution in [-0.4, -0.2) is 17.6 Å². The molecule has 0 unspecified atom stereocenters. The fraction of sp³-hybridized carbons (Fsp3) is 0.652. The molecule has 0 N–H and O–H groups in total. The summed E-state index contributed by atoms with van der Waals surface area (Å²) in [5, 5.41) is 0. The van der Waals surface area contributed by atoms with Crippen LogP contribution < -0.4 is 0 Å². The lowest BCUT2D eigenvalue weighted by Gasteiger charge is -2.39. The van der Waals surface area contributed by atoms with E-state index < -0.39 is 0 Å². The fourth-order valence-corrected chi connectivity index (χ4v) is 7.43. The highest BCUT2D eigenvalue weighted by Gasteiger charge is 2.27. The highest BCUT2D eigenvalue weighted by Crippen LogP contribution is 2.24. The van der Waals surface area contributed by atoms with Crippen LogP contribution in [0.4, 0.5) is 0 Å². The van der Waals surface area contributed by atoms with Gasteiger partial charge < -0.3 is 4.48 Å². The number of hydrogen-bond acceptors (Lipinski definition) is 0. The minimum atomic E-state index is 1.16. The molecule has 264 valence electrons. The van der Waals surface area contributed by atoms with Gasteiger partial charge in [-0.1, -0.05) is 188 Å². The average molecular weight is 643 g/mol. The van der Waals surface area contributed by atoms with E-state index in [2.05, 4.69) is 86.0 Å². The second-order valence-electron chi connectivity index (χ2n) is 14.7. The van der Waals surface area contributed by atoms with E-state index >= 15 is 0 Å². The third kappa shape index (κ3) is 23.0. The molecule has 0 bridgehead atoms. The summed E-state index contributed by atoms with van der Waals surface area (Å²) in [6.07, 6.45) is 40.3. The maximum Gasteiger partial charge on any atom is 0.105 e. The lowest BCUT2D eigenvalue weighted by molar-refractivity contribution is -0.954. The normalized spacial score (nSPS) is 11.6. The maximum absolute atomic E-state index is 3.84. The topological polar surface area (TPSA) is 0 Å². The van der Waals surface area contributed by atoms with Gasteiger partial charge in [0.15, 0.2) is 0 Å². The van der Waals surface area contributed by atoms with Crippen molar-refractivity contribution in [3.63, 3.8) is 0 Å². The summed E-state index contributed by atoms with van der Waals surface area (Å²) in [7, 11) is 0. The van der Waals surface area contributed by atoms with Gasteiger partial charge in [-0.05, 0) is 51.4 Å². The minimum Gasteiger partial charge on any atom is -0.316 e. The Morgan fingerprint density at radius 2 is 0.596 bits per heavy atom. The lowest BCUT2D eigenvalue weighted by atomic mass is 10.0. The molecule has 47 heavy (non-hydrogen) atoms.